The van der Waals surface area contributed by atoms with Gasteiger partial charge in [-0.1, -0.05) is 13.0 Å². The molecule has 0 saturated heterocycles. The van der Waals surface area contributed by atoms with Gasteiger partial charge in [-0.25, -0.2) is 0 Å². The van der Waals surface area contributed by atoms with E-state index in [1.54, 1.807) is 24.3 Å². The van der Waals surface area contributed by atoms with Crippen molar-refractivity contribution in [2.75, 3.05) is 13.2 Å². The van der Waals surface area contributed by atoms with Crippen LogP contribution < -0.4 is 10.1 Å². The van der Waals surface area contributed by atoms with E-state index in [1.807, 2.05) is 24.4 Å². The minimum absolute atomic E-state index is 0.0326. The van der Waals surface area contributed by atoms with Crippen LogP contribution in [0.5, 0.6) is 5.75 Å². The fourth-order valence-electron chi connectivity index (χ4n) is 2.19. The lowest BCUT2D eigenvalue weighted by Gasteiger charge is -2.07. The second kappa shape index (κ2) is 11.1. The number of rotatable bonds is 11. The Morgan fingerprint density at radius 2 is 1.85 bits per heavy atom. The highest BCUT2D eigenvalue weighted by atomic mass is 32.1. The highest BCUT2D eigenvalue weighted by Crippen LogP contribution is 2.14. The van der Waals surface area contributed by atoms with E-state index in [4.69, 9.17) is 9.47 Å². The molecular formula is C20H23NO5S. The maximum Gasteiger partial charge on any atom is 0.306 e. The number of carbonyl (C=O) groups excluding carboxylic acids is 3. The summed E-state index contributed by atoms with van der Waals surface area (Å²) in [6.07, 6.45) is 0.880. The summed E-state index contributed by atoms with van der Waals surface area (Å²) in [6.45, 7) is 2.71. The van der Waals surface area contributed by atoms with Crippen LogP contribution in [-0.2, 0) is 20.9 Å². The number of esters is 1. The molecule has 6 nitrogen and oxygen atoms in total. The molecule has 0 fully saturated rings. The Labute approximate surface area is 162 Å². The average Bonchev–Trinajstić information content (AvgIpc) is 3.21. The number of ketones is 1. The highest BCUT2D eigenvalue weighted by Gasteiger charge is 2.12. The summed E-state index contributed by atoms with van der Waals surface area (Å²) >= 11 is 1.54. The van der Waals surface area contributed by atoms with Gasteiger partial charge in [0.05, 0.1) is 19.6 Å². The van der Waals surface area contributed by atoms with Crippen LogP contribution in [0.2, 0.25) is 0 Å². The number of Topliss-reactive ketones (excluding diaryl/α,β-unsaturated/α-hetero) is 1. The molecule has 0 atom stereocenters. The van der Waals surface area contributed by atoms with Crippen LogP contribution in [0.1, 0.15) is 41.4 Å². The van der Waals surface area contributed by atoms with Crippen LogP contribution in [0.3, 0.4) is 0 Å². The molecule has 0 saturated carbocycles. The molecule has 0 aliphatic carbocycles. The van der Waals surface area contributed by atoms with E-state index < -0.39 is 5.97 Å². The zero-order valence-electron chi connectivity index (χ0n) is 15.2. The van der Waals surface area contributed by atoms with Crippen molar-refractivity contribution in [1.29, 1.82) is 0 Å². The van der Waals surface area contributed by atoms with Crippen molar-refractivity contribution in [1.82, 2.24) is 5.32 Å². The molecular weight excluding hydrogens is 366 g/mol. The monoisotopic (exact) mass is 389 g/mol. The third-order valence-electron chi connectivity index (χ3n) is 3.61. The first-order valence-electron chi connectivity index (χ1n) is 8.79. The lowest BCUT2D eigenvalue weighted by atomic mass is 10.1. The first kappa shape index (κ1) is 20.6. The van der Waals surface area contributed by atoms with Gasteiger partial charge in [-0.15, -0.1) is 11.3 Å². The minimum Gasteiger partial charge on any atom is -0.494 e. The van der Waals surface area contributed by atoms with Crippen molar-refractivity contribution < 1.29 is 23.9 Å². The van der Waals surface area contributed by atoms with Gasteiger partial charge < -0.3 is 14.8 Å². The summed E-state index contributed by atoms with van der Waals surface area (Å²) in [4.78, 5) is 36.5. The van der Waals surface area contributed by atoms with Gasteiger partial charge in [0, 0.05) is 16.9 Å². The Morgan fingerprint density at radius 1 is 1.07 bits per heavy atom. The van der Waals surface area contributed by atoms with Crippen molar-refractivity contribution in [2.24, 2.45) is 0 Å². The molecule has 0 aliphatic rings. The van der Waals surface area contributed by atoms with Gasteiger partial charge in [0.1, 0.15) is 5.75 Å². The first-order chi connectivity index (χ1) is 13.1. The Balaban J connectivity index is 1.65. The zero-order chi connectivity index (χ0) is 19.5. The molecule has 0 radical (unpaired) electrons. The summed E-state index contributed by atoms with van der Waals surface area (Å²) in [5, 5.41) is 4.59. The number of benzene rings is 1. The normalized spacial score (nSPS) is 10.3. The van der Waals surface area contributed by atoms with Crippen molar-refractivity contribution in [3.05, 3.63) is 52.2 Å². The molecule has 0 aliphatic heterocycles. The Morgan fingerprint density at radius 3 is 2.52 bits per heavy atom. The van der Waals surface area contributed by atoms with Gasteiger partial charge in [0.2, 0.25) is 0 Å². The molecule has 1 aromatic carbocycles. The van der Waals surface area contributed by atoms with E-state index in [-0.39, 0.29) is 31.1 Å². The predicted molar refractivity (Wildman–Crippen MR) is 103 cm³/mol. The van der Waals surface area contributed by atoms with Gasteiger partial charge in [-0.2, -0.15) is 0 Å². The number of hydrogen-bond donors (Lipinski definition) is 1. The molecule has 0 unspecified atom stereocenters. The summed E-state index contributed by atoms with van der Waals surface area (Å²) in [5.74, 6) is -0.388. The zero-order valence-corrected chi connectivity index (χ0v) is 16.1. The van der Waals surface area contributed by atoms with Crippen LogP contribution in [0.15, 0.2) is 41.8 Å². The topological polar surface area (TPSA) is 81.7 Å². The van der Waals surface area contributed by atoms with Crippen LogP contribution in [0.25, 0.3) is 0 Å². The van der Waals surface area contributed by atoms with Crippen LogP contribution >= 0.6 is 11.3 Å². The maximum atomic E-state index is 12.1. The van der Waals surface area contributed by atoms with E-state index in [9.17, 15) is 14.4 Å². The first-order valence-corrected chi connectivity index (χ1v) is 9.67. The SMILES string of the molecule is CCCOc1ccc(C(=O)CCC(=O)OCC(=O)NCc2cccs2)cc1. The fraction of sp³-hybridized carbons (Fsp3) is 0.350. The molecule has 0 spiro atoms. The Bertz CT molecular complexity index is 740. The summed E-state index contributed by atoms with van der Waals surface area (Å²) < 4.78 is 10.4. The van der Waals surface area contributed by atoms with E-state index in [2.05, 4.69) is 5.32 Å². The molecule has 27 heavy (non-hydrogen) atoms. The molecule has 144 valence electrons. The number of nitrogens with one attached hydrogen (secondary N) is 1. The molecule has 1 heterocycles. The fourth-order valence-corrected chi connectivity index (χ4v) is 2.83. The second-order valence-electron chi connectivity index (χ2n) is 5.81. The highest BCUT2D eigenvalue weighted by molar-refractivity contribution is 7.09. The van der Waals surface area contributed by atoms with Crippen molar-refractivity contribution in [3.63, 3.8) is 0 Å². The predicted octanol–water partition coefficient (Wildman–Crippen LogP) is 3.36. The van der Waals surface area contributed by atoms with Gasteiger partial charge in [-0.3, -0.25) is 14.4 Å². The quantitative estimate of drug-likeness (QED) is 0.471. The van der Waals surface area contributed by atoms with Crippen molar-refractivity contribution >= 4 is 29.0 Å². The Kier molecular flexibility index (Phi) is 8.51. The van der Waals surface area contributed by atoms with Crippen LogP contribution in [-0.4, -0.2) is 30.9 Å². The standard InChI is InChI=1S/C20H23NO5S/c1-2-11-25-16-7-5-15(6-8-16)18(22)9-10-20(24)26-14-19(23)21-13-17-4-3-12-27-17/h3-8,12H,2,9-11,13-14H2,1H3,(H,21,23). The second-order valence-corrected chi connectivity index (χ2v) is 6.85. The largest absolute Gasteiger partial charge is 0.494 e. The molecule has 1 N–H and O–H groups in total. The van der Waals surface area contributed by atoms with E-state index in [0.29, 0.717) is 24.5 Å². The van der Waals surface area contributed by atoms with E-state index in [1.165, 1.54) is 11.3 Å². The van der Waals surface area contributed by atoms with E-state index in [0.717, 1.165) is 11.3 Å². The third kappa shape index (κ3) is 7.62. The number of hydrogen-bond acceptors (Lipinski definition) is 6. The third-order valence-corrected chi connectivity index (χ3v) is 4.49. The molecule has 1 amide bonds. The number of ether oxygens (including phenoxy) is 2. The van der Waals surface area contributed by atoms with Crippen molar-refractivity contribution in [3.8, 4) is 5.75 Å². The molecule has 2 aromatic rings. The van der Waals surface area contributed by atoms with E-state index >= 15 is 0 Å². The van der Waals surface area contributed by atoms with Crippen LogP contribution in [0, 0.1) is 0 Å². The summed E-state index contributed by atoms with van der Waals surface area (Å²) in [7, 11) is 0. The molecule has 7 heteroatoms. The van der Waals surface area contributed by atoms with Gasteiger partial charge >= 0.3 is 5.97 Å². The maximum absolute atomic E-state index is 12.1. The lowest BCUT2D eigenvalue weighted by Crippen LogP contribution is -2.28. The molecule has 2 rings (SSSR count). The smallest absolute Gasteiger partial charge is 0.306 e. The van der Waals surface area contributed by atoms with Gasteiger partial charge in [-0.05, 0) is 42.1 Å². The molecule has 1 aromatic heterocycles. The van der Waals surface area contributed by atoms with Gasteiger partial charge in [0.15, 0.2) is 12.4 Å². The summed E-state index contributed by atoms with van der Waals surface area (Å²) in [6, 6.07) is 10.6. The number of thiophene rings is 1. The van der Waals surface area contributed by atoms with Gasteiger partial charge in [0.25, 0.3) is 5.91 Å². The number of amides is 1. The lowest BCUT2D eigenvalue weighted by molar-refractivity contribution is -0.148. The molecule has 0 bridgehead atoms. The summed E-state index contributed by atoms with van der Waals surface area (Å²) in [5.41, 5.74) is 0.514. The Hall–Kier alpha value is -2.67. The van der Waals surface area contributed by atoms with Crippen molar-refractivity contribution in [2.45, 2.75) is 32.7 Å². The average molecular weight is 389 g/mol. The number of carbonyl (C=O) groups is 3. The van der Waals surface area contributed by atoms with Crippen LogP contribution in [0.4, 0.5) is 0 Å². The minimum atomic E-state index is -0.572.